The van der Waals surface area contributed by atoms with Crippen molar-refractivity contribution < 1.29 is 14.3 Å². The van der Waals surface area contributed by atoms with E-state index < -0.39 is 0 Å². The summed E-state index contributed by atoms with van der Waals surface area (Å²) in [6, 6.07) is 14.5. The molecule has 0 radical (unpaired) electrons. The van der Waals surface area contributed by atoms with Crippen LogP contribution in [0.4, 0.5) is 11.4 Å². The van der Waals surface area contributed by atoms with Crippen molar-refractivity contribution in [2.24, 2.45) is 0 Å². The molecular weight excluding hydrogens is 342 g/mol. The third-order valence-electron chi connectivity index (χ3n) is 4.35. The number of ether oxygens (including phenoxy) is 1. The van der Waals surface area contributed by atoms with E-state index in [4.69, 9.17) is 4.74 Å². The summed E-state index contributed by atoms with van der Waals surface area (Å²) in [5.41, 5.74) is 2.57. The fourth-order valence-electron chi connectivity index (χ4n) is 2.97. The van der Waals surface area contributed by atoms with Crippen LogP contribution >= 0.6 is 0 Å². The molecule has 3 rings (SSSR count). The molecule has 2 amide bonds. The summed E-state index contributed by atoms with van der Waals surface area (Å²) >= 11 is 0. The molecule has 0 bridgehead atoms. The lowest BCUT2D eigenvalue weighted by Gasteiger charge is -2.28. The molecule has 6 nitrogen and oxygen atoms in total. The molecule has 142 valence electrons. The lowest BCUT2D eigenvalue weighted by atomic mass is 10.1. The number of benzene rings is 2. The summed E-state index contributed by atoms with van der Waals surface area (Å²) in [6.07, 6.45) is 0. The second-order valence-electron chi connectivity index (χ2n) is 6.77. The zero-order valence-electron chi connectivity index (χ0n) is 15.7. The Bertz CT molecular complexity index is 797. The van der Waals surface area contributed by atoms with Gasteiger partial charge in [-0.05, 0) is 50.2 Å². The third kappa shape index (κ3) is 4.86. The van der Waals surface area contributed by atoms with Crippen molar-refractivity contribution in [1.29, 1.82) is 0 Å². The number of nitrogens with zero attached hydrogens (tertiary/aromatic N) is 1. The molecule has 6 heteroatoms. The predicted octanol–water partition coefficient (Wildman–Crippen LogP) is 2.91. The van der Waals surface area contributed by atoms with Crippen molar-refractivity contribution >= 4 is 23.2 Å². The zero-order valence-corrected chi connectivity index (χ0v) is 15.7. The Kier molecular flexibility index (Phi) is 6.08. The zero-order chi connectivity index (χ0) is 19.2. The highest BCUT2D eigenvalue weighted by atomic mass is 16.5. The minimum atomic E-state index is -0.242. The number of rotatable bonds is 5. The molecule has 0 aromatic heterocycles. The van der Waals surface area contributed by atoms with E-state index >= 15 is 0 Å². The summed E-state index contributed by atoms with van der Waals surface area (Å²) < 4.78 is 5.37. The summed E-state index contributed by atoms with van der Waals surface area (Å²) in [7, 11) is 0. The standard InChI is InChI=1S/C21H25N3O3/c1-15(2)22-21(26)18-5-3-4-6-19(18)23-20(25)16-7-9-17(10-8-16)24-11-13-27-14-12-24/h3-10,15H,11-14H2,1-2H3,(H,22,26)(H,23,25). The molecule has 2 N–H and O–H groups in total. The summed E-state index contributed by atoms with van der Waals surface area (Å²) in [4.78, 5) is 27.2. The van der Waals surface area contributed by atoms with Gasteiger partial charge in [-0.2, -0.15) is 0 Å². The molecule has 0 atom stereocenters. The first-order valence-electron chi connectivity index (χ1n) is 9.18. The molecule has 0 spiro atoms. The van der Waals surface area contributed by atoms with Crippen LogP contribution in [0.2, 0.25) is 0 Å². The van der Waals surface area contributed by atoms with Crippen LogP contribution in [-0.2, 0) is 4.74 Å². The van der Waals surface area contributed by atoms with Gasteiger partial charge in [0, 0.05) is 30.4 Å². The van der Waals surface area contributed by atoms with Gasteiger partial charge in [0.1, 0.15) is 0 Å². The highest BCUT2D eigenvalue weighted by Crippen LogP contribution is 2.19. The van der Waals surface area contributed by atoms with E-state index in [0.717, 1.165) is 32.0 Å². The molecular formula is C21H25N3O3. The summed E-state index contributed by atoms with van der Waals surface area (Å²) in [5, 5.41) is 5.70. The Balaban J connectivity index is 1.71. The number of carbonyl (C=O) groups is 2. The minimum absolute atomic E-state index is 0.0222. The van der Waals surface area contributed by atoms with Gasteiger partial charge < -0.3 is 20.3 Å². The van der Waals surface area contributed by atoms with Gasteiger partial charge in [0.15, 0.2) is 0 Å². The lowest BCUT2D eigenvalue weighted by molar-refractivity contribution is 0.0944. The molecule has 2 aromatic rings. The normalized spacial score (nSPS) is 14.1. The van der Waals surface area contributed by atoms with Crippen LogP contribution in [0, 0.1) is 0 Å². The van der Waals surface area contributed by atoms with Crippen LogP contribution in [0.3, 0.4) is 0 Å². The van der Waals surface area contributed by atoms with E-state index in [2.05, 4.69) is 15.5 Å². The van der Waals surface area contributed by atoms with E-state index in [0.29, 0.717) is 16.8 Å². The van der Waals surface area contributed by atoms with E-state index in [1.807, 2.05) is 26.0 Å². The Morgan fingerprint density at radius 3 is 2.30 bits per heavy atom. The van der Waals surface area contributed by atoms with Gasteiger partial charge >= 0.3 is 0 Å². The maximum atomic E-state index is 12.6. The number of hydrogen-bond donors (Lipinski definition) is 2. The Morgan fingerprint density at radius 1 is 0.963 bits per heavy atom. The molecule has 27 heavy (non-hydrogen) atoms. The molecule has 0 aliphatic carbocycles. The number of carbonyl (C=O) groups excluding carboxylic acids is 2. The van der Waals surface area contributed by atoms with Crippen LogP contribution in [0.15, 0.2) is 48.5 Å². The topological polar surface area (TPSA) is 70.7 Å². The van der Waals surface area contributed by atoms with E-state index in [-0.39, 0.29) is 17.9 Å². The molecule has 1 heterocycles. The number of anilines is 2. The largest absolute Gasteiger partial charge is 0.378 e. The minimum Gasteiger partial charge on any atom is -0.378 e. The van der Waals surface area contributed by atoms with Crippen molar-refractivity contribution in [3.8, 4) is 0 Å². The van der Waals surface area contributed by atoms with Crippen molar-refractivity contribution in [3.63, 3.8) is 0 Å². The number of nitrogens with one attached hydrogen (secondary N) is 2. The van der Waals surface area contributed by atoms with Gasteiger partial charge in [-0.25, -0.2) is 0 Å². The average Bonchev–Trinajstić information content (AvgIpc) is 2.68. The van der Waals surface area contributed by atoms with Crippen LogP contribution in [-0.4, -0.2) is 44.2 Å². The monoisotopic (exact) mass is 367 g/mol. The number of hydrogen-bond acceptors (Lipinski definition) is 4. The Labute approximate surface area is 159 Å². The highest BCUT2D eigenvalue weighted by molar-refractivity contribution is 6.09. The first-order valence-corrected chi connectivity index (χ1v) is 9.18. The van der Waals surface area contributed by atoms with Crippen molar-refractivity contribution in [1.82, 2.24) is 5.32 Å². The molecule has 1 aliphatic rings. The smallest absolute Gasteiger partial charge is 0.255 e. The van der Waals surface area contributed by atoms with Gasteiger partial charge in [-0.1, -0.05) is 12.1 Å². The third-order valence-corrected chi connectivity index (χ3v) is 4.35. The molecule has 0 unspecified atom stereocenters. The molecule has 1 fully saturated rings. The summed E-state index contributed by atoms with van der Waals surface area (Å²) in [6.45, 7) is 6.94. The van der Waals surface area contributed by atoms with Crippen LogP contribution in [0.25, 0.3) is 0 Å². The summed E-state index contributed by atoms with van der Waals surface area (Å²) in [5.74, 6) is -0.447. The fourth-order valence-corrected chi connectivity index (χ4v) is 2.97. The quantitative estimate of drug-likeness (QED) is 0.852. The van der Waals surface area contributed by atoms with Crippen LogP contribution < -0.4 is 15.5 Å². The maximum Gasteiger partial charge on any atom is 0.255 e. The first kappa shape index (κ1) is 18.9. The SMILES string of the molecule is CC(C)NC(=O)c1ccccc1NC(=O)c1ccc(N2CCOCC2)cc1. The van der Waals surface area contributed by atoms with Crippen molar-refractivity contribution in [2.75, 3.05) is 36.5 Å². The lowest BCUT2D eigenvalue weighted by Crippen LogP contribution is -2.36. The van der Waals surface area contributed by atoms with E-state index in [1.165, 1.54) is 0 Å². The van der Waals surface area contributed by atoms with Gasteiger partial charge in [0.25, 0.3) is 11.8 Å². The maximum absolute atomic E-state index is 12.6. The molecule has 2 aromatic carbocycles. The van der Waals surface area contributed by atoms with Gasteiger partial charge in [0.2, 0.25) is 0 Å². The van der Waals surface area contributed by atoms with Crippen LogP contribution in [0.1, 0.15) is 34.6 Å². The predicted molar refractivity (Wildman–Crippen MR) is 106 cm³/mol. The second kappa shape index (κ2) is 8.68. The van der Waals surface area contributed by atoms with E-state index in [1.54, 1.807) is 36.4 Å². The van der Waals surface area contributed by atoms with Gasteiger partial charge in [-0.3, -0.25) is 9.59 Å². The molecule has 1 saturated heterocycles. The first-order chi connectivity index (χ1) is 13.0. The number of para-hydroxylation sites is 1. The Morgan fingerprint density at radius 2 is 1.63 bits per heavy atom. The van der Waals surface area contributed by atoms with Gasteiger partial charge in [-0.15, -0.1) is 0 Å². The fraction of sp³-hybridized carbons (Fsp3) is 0.333. The van der Waals surface area contributed by atoms with Crippen molar-refractivity contribution in [3.05, 3.63) is 59.7 Å². The Hall–Kier alpha value is -2.86. The van der Waals surface area contributed by atoms with Gasteiger partial charge in [0.05, 0.1) is 24.5 Å². The average molecular weight is 367 g/mol. The number of morpholine rings is 1. The molecule has 0 saturated carbocycles. The number of amides is 2. The second-order valence-corrected chi connectivity index (χ2v) is 6.77. The van der Waals surface area contributed by atoms with Crippen molar-refractivity contribution in [2.45, 2.75) is 19.9 Å². The van der Waals surface area contributed by atoms with E-state index in [9.17, 15) is 9.59 Å². The van der Waals surface area contributed by atoms with Crippen LogP contribution in [0.5, 0.6) is 0 Å². The highest BCUT2D eigenvalue weighted by Gasteiger charge is 2.16. The molecule has 1 aliphatic heterocycles.